The monoisotopic (exact) mass is 278 g/mol. The third kappa shape index (κ3) is 3.95. The molecule has 1 aromatic rings. The van der Waals surface area contributed by atoms with Gasteiger partial charge in [-0.2, -0.15) is 0 Å². The highest BCUT2D eigenvalue weighted by Crippen LogP contribution is 2.18. The van der Waals surface area contributed by atoms with E-state index in [-0.39, 0.29) is 18.1 Å². The molecule has 1 aliphatic rings. The van der Waals surface area contributed by atoms with E-state index in [1.165, 1.54) is 0 Å². The molecule has 1 aliphatic heterocycles. The molecule has 5 heteroatoms. The van der Waals surface area contributed by atoms with E-state index in [4.69, 9.17) is 4.74 Å². The summed E-state index contributed by atoms with van der Waals surface area (Å²) in [6.45, 7) is 4.56. The van der Waals surface area contributed by atoms with Crippen LogP contribution in [0.25, 0.3) is 0 Å². The van der Waals surface area contributed by atoms with Crippen LogP contribution in [0.15, 0.2) is 24.3 Å². The number of benzene rings is 1. The molecule has 0 aromatic heterocycles. The van der Waals surface area contributed by atoms with Crippen molar-refractivity contribution in [2.24, 2.45) is 0 Å². The van der Waals surface area contributed by atoms with Crippen molar-refractivity contribution in [3.8, 4) is 5.75 Å². The predicted molar refractivity (Wildman–Crippen MR) is 77.9 cm³/mol. The van der Waals surface area contributed by atoms with Gasteiger partial charge in [0.1, 0.15) is 5.75 Å². The Hall–Kier alpha value is -1.59. The zero-order chi connectivity index (χ0) is 14.5. The summed E-state index contributed by atoms with van der Waals surface area (Å²) in [7, 11) is 0. The Balaban J connectivity index is 1.88. The largest absolute Gasteiger partial charge is 0.491 e. The van der Waals surface area contributed by atoms with Crippen LogP contribution in [0.1, 0.15) is 26.7 Å². The summed E-state index contributed by atoms with van der Waals surface area (Å²) in [5.74, 6) is 0.684. The normalized spacial score (nSPS) is 23.4. The number of aliphatic hydroxyl groups excluding tert-OH is 1. The number of β-amino-alcohol motifs (C(OH)–C–C–N with tert-alkyl or cyclic N) is 1. The van der Waals surface area contributed by atoms with Gasteiger partial charge in [0.15, 0.2) is 0 Å². The Bertz CT molecular complexity index is 447. The fourth-order valence-electron chi connectivity index (χ4n) is 2.08. The van der Waals surface area contributed by atoms with Gasteiger partial charge in [0, 0.05) is 12.2 Å². The van der Waals surface area contributed by atoms with E-state index >= 15 is 0 Å². The standard InChI is InChI=1S/C15H22N2O3/c1-3-10(2)20-13-6-4-11(5-7-13)17-15(19)14-8-12(18)9-16-14/h4-7,10,12,14,16,18H,3,8-9H2,1-2H3,(H,17,19). The first kappa shape index (κ1) is 14.8. The lowest BCUT2D eigenvalue weighted by Crippen LogP contribution is -2.35. The molecule has 20 heavy (non-hydrogen) atoms. The molecule has 5 nitrogen and oxygen atoms in total. The van der Waals surface area contributed by atoms with Crippen LogP contribution in [-0.4, -0.2) is 35.8 Å². The maximum absolute atomic E-state index is 12.0. The van der Waals surface area contributed by atoms with E-state index < -0.39 is 6.10 Å². The molecule has 3 atom stereocenters. The summed E-state index contributed by atoms with van der Waals surface area (Å²) in [5.41, 5.74) is 0.731. The third-order valence-electron chi connectivity index (χ3n) is 3.46. The Morgan fingerprint density at radius 1 is 1.50 bits per heavy atom. The predicted octanol–water partition coefficient (Wildman–Crippen LogP) is 1.53. The van der Waals surface area contributed by atoms with Crippen LogP contribution >= 0.6 is 0 Å². The molecule has 3 unspecified atom stereocenters. The molecule has 110 valence electrons. The van der Waals surface area contributed by atoms with E-state index in [0.29, 0.717) is 13.0 Å². The minimum atomic E-state index is -0.433. The second kappa shape index (κ2) is 6.72. The first-order valence-corrected chi connectivity index (χ1v) is 7.07. The molecule has 2 rings (SSSR count). The third-order valence-corrected chi connectivity index (χ3v) is 3.46. The van der Waals surface area contributed by atoms with Crippen LogP contribution in [-0.2, 0) is 4.79 Å². The van der Waals surface area contributed by atoms with Gasteiger partial charge in [-0.05, 0) is 44.0 Å². The fraction of sp³-hybridized carbons (Fsp3) is 0.533. The number of rotatable bonds is 5. The summed E-state index contributed by atoms with van der Waals surface area (Å²) >= 11 is 0. The van der Waals surface area contributed by atoms with Gasteiger partial charge < -0.3 is 20.5 Å². The lowest BCUT2D eigenvalue weighted by Gasteiger charge is -2.14. The van der Waals surface area contributed by atoms with Crippen LogP contribution in [0.2, 0.25) is 0 Å². The van der Waals surface area contributed by atoms with Crippen molar-refractivity contribution in [3.63, 3.8) is 0 Å². The SMILES string of the molecule is CCC(C)Oc1ccc(NC(=O)C2CC(O)CN2)cc1. The van der Waals surface area contributed by atoms with Crippen LogP contribution in [0.4, 0.5) is 5.69 Å². The number of carbonyl (C=O) groups is 1. The molecule has 0 radical (unpaired) electrons. The molecule has 0 spiro atoms. The topological polar surface area (TPSA) is 70.6 Å². The van der Waals surface area contributed by atoms with Gasteiger partial charge in [0.2, 0.25) is 5.91 Å². The van der Waals surface area contributed by atoms with E-state index in [2.05, 4.69) is 17.6 Å². The molecular weight excluding hydrogens is 256 g/mol. The smallest absolute Gasteiger partial charge is 0.241 e. The summed E-state index contributed by atoms with van der Waals surface area (Å²) in [6.07, 6.45) is 1.16. The number of hydrogen-bond acceptors (Lipinski definition) is 4. The quantitative estimate of drug-likeness (QED) is 0.764. The van der Waals surface area contributed by atoms with Gasteiger partial charge in [-0.25, -0.2) is 0 Å². The number of carbonyl (C=O) groups excluding carboxylic acids is 1. The molecule has 1 amide bonds. The van der Waals surface area contributed by atoms with Crippen LogP contribution in [0.5, 0.6) is 5.75 Å². The fourth-order valence-corrected chi connectivity index (χ4v) is 2.08. The van der Waals surface area contributed by atoms with Crippen molar-refractivity contribution in [2.75, 3.05) is 11.9 Å². The zero-order valence-corrected chi connectivity index (χ0v) is 11.9. The molecule has 0 aliphatic carbocycles. The number of aliphatic hydroxyl groups is 1. The first-order valence-electron chi connectivity index (χ1n) is 7.07. The average Bonchev–Trinajstić information content (AvgIpc) is 2.87. The number of hydrogen-bond donors (Lipinski definition) is 3. The lowest BCUT2D eigenvalue weighted by molar-refractivity contribution is -0.117. The van der Waals surface area contributed by atoms with Gasteiger partial charge in [-0.15, -0.1) is 0 Å². The highest BCUT2D eigenvalue weighted by atomic mass is 16.5. The van der Waals surface area contributed by atoms with Crippen molar-refractivity contribution in [1.29, 1.82) is 0 Å². The van der Waals surface area contributed by atoms with Crippen molar-refractivity contribution >= 4 is 11.6 Å². The Labute approximate surface area is 119 Å². The summed E-state index contributed by atoms with van der Waals surface area (Å²) in [5, 5.41) is 15.2. The molecule has 3 N–H and O–H groups in total. The van der Waals surface area contributed by atoms with E-state index in [1.807, 2.05) is 31.2 Å². The molecule has 1 heterocycles. The highest BCUT2D eigenvalue weighted by Gasteiger charge is 2.27. The van der Waals surface area contributed by atoms with Gasteiger partial charge in [-0.1, -0.05) is 6.92 Å². The maximum Gasteiger partial charge on any atom is 0.241 e. The van der Waals surface area contributed by atoms with Crippen molar-refractivity contribution in [1.82, 2.24) is 5.32 Å². The zero-order valence-electron chi connectivity index (χ0n) is 11.9. The highest BCUT2D eigenvalue weighted by molar-refractivity contribution is 5.95. The van der Waals surface area contributed by atoms with E-state index in [1.54, 1.807) is 0 Å². The second-order valence-corrected chi connectivity index (χ2v) is 5.20. The van der Waals surface area contributed by atoms with Crippen LogP contribution in [0, 0.1) is 0 Å². The van der Waals surface area contributed by atoms with Gasteiger partial charge in [0.05, 0.1) is 18.2 Å². The minimum Gasteiger partial charge on any atom is -0.491 e. The summed E-state index contributed by atoms with van der Waals surface area (Å²) in [6, 6.07) is 7.01. The Morgan fingerprint density at radius 3 is 2.75 bits per heavy atom. The summed E-state index contributed by atoms with van der Waals surface area (Å²) < 4.78 is 5.68. The molecule has 1 fully saturated rings. The summed E-state index contributed by atoms with van der Waals surface area (Å²) in [4.78, 5) is 12.0. The molecular formula is C15H22N2O3. The molecule has 1 saturated heterocycles. The Morgan fingerprint density at radius 2 is 2.20 bits per heavy atom. The number of anilines is 1. The lowest BCUT2D eigenvalue weighted by atomic mass is 10.2. The van der Waals surface area contributed by atoms with Gasteiger partial charge in [-0.3, -0.25) is 4.79 Å². The van der Waals surface area contributed by atoms with E-state index in [9.17, 15) is 9.90 Å². The molecule has 0 saturated carbocycles. The van der Waals surface area contributed by atoms with Crippen LogP contribution in [0.3, 0.4) is 0 Å². The van der Waals surface area contributed by atoms with Crippen LogP contribution < -0.4 is 15.4 Å². The van der Waals surface area contributed by atoms with Crippen molar-refractivity contribution in [3.05, 3.63) is 24.3 Å². The average molecular weight is 278 g/mol. The second-order valence-electron chi connectivity index (χ2n) is 5.20. The van der Waals surface area contributed by atoms with Crippen molar-refractivity contribution < 1.29 is 14.6 Å². The van der Waals surface area contributed by atoms with E-state index in [0.717, 1.165) is 17.9 Å². The first-order chi connectivity index (χ1) is 9.58. The number of amides is 1. The molecule has 0 bridgehead atoms. The maximum atomic E-state index is 12.0. The van der Waals surface area contributed by atoms with Gasteiger partial charge in [0.25, 0.3) is 0 Å². The molecule has 1 aromatic carbocycles. The number of nitrogens with one attached hydrogen (secondary N) is 2. The Kier molecular flexibility index (Phi) is 4.98. The minimum absolute atomic E-state index is 0.114. The number of ether oxygens (including phenoxy) is 1. The van der Waals surface area contributed by atoms with Crippen molar-refractivity contribution in [2.45, 2.75) is 44.9 Å². The van der Waals surface area contributed by atoms with Gasteiger partial charge >= 0.3 is 0 Å².